The molecular weight excluding hydrogens is 226 g/mol. The highest BCUT2D eigenvalue weighted by Gasteiger charge is 2.01. The van der Waals surface area contributed by atoms with Crippen molar-refractivity contribution < 1.29 is 9.47 Å². The Hall–Kier alpha value is -1.06. The number of hydrogen-bond acceptors (Lipinski definition) is 3. The van der Waals surface area contributed by atoms with Crippen molar-refractivity contribution in [3.8, 4) is 5.75 Å². The maximum absolute atomic E-state index is 5.71. The topological polar surface area (TPSA) is 30.5 Å². The van der Waals surface area contributed by atoms with E-state index in [1.807, 2.05) is 24.3 Å². The predicted octanol–water partition coefficient (Wildman–Crippen LogP) is 2.99. The first-order valence-electron chi connectivity index (χ1n) is 6.74. The van der Waals surface area contributed by atoms with Crippen LogP contribution in [-0.2, 0) is 11.3 Å². The highest BCUT2D eigenvalue weighted by Crippen LogP contribution is 2.13. The molecule has 3 heteroatoms. The Kier molecular flexibility index (Phi) is 7.46. The van der Waals surface area contributed by atoms with Gasteiger partial charge in [0.25, 0.3) is 0 Å². The summed E-state index contributed by atoms with van der Waals surface area (Å²) in [6.07, 6.45) is 2.33. The highest BCUT2D eigenvalue weighted by molar-refractivity contribution is 5.28. The third kappa shape index (κ3) is 5.52. The lowest BCUT2D eigenvalue weighted by Gasteiger charge is -2.15. The summed E-state index contributed by atoms with van der Waals surface area (Å²) in [7, 11) is 1.70. The van der Waals surface area contributed by atoms with E-state index in [0.717, 1.165) is 17.9 Å². The fourth-order valence-electron chi connectivity index (χ4n) is 1.90. The van der Waals surface area contributed by atoms with Crippen molar-refractivity contribution in [2.75, 3.05) is 20.3 Å². The van der Waals surface area contributed by atoms with Gasteiger partial charge in [-0.2, -0.15) is 0 Å². The summed E-state index contributed by atoms with van der Waals surface area (Å²) in [4.78, 5) is 0. The third-order valence-corrected chi connectivity index (χ3v) is 3.00. The van der Waals surface area contributed by atoms with Crippen molar-refractivity contribution in [1.82, 2.24) is 5.32 Å². The lowest BCUT2D eigenvalue weighted by atomic mass is 10.2. The molecule has 0 atom stereocenters. The number of methoxy groups -OCH3 is 1. The Bertz CT molecular complexity index is 324. The van der Waals surface area contributed by atoms with E-state index >= 15 is 0 Å². The molecule has 0 aromatic heterocycles. The lowest BCUT2D eigenvalue weighted by molar-refractivity contribution is 0.184. The molecule has 0 spiro atoms. The molecule has 0 aliphatic carbocycles. The Labute approximate surface area is 110 Å². The summed E-state index contributed by atoms with van der Waals surface area (Å²) >= 11 is 0. The normalized spacial score (nSPS) is 10.9. The number of hydrogen-bond donors (Lipinski definition) is 1. The van der Waals surface area contributed by atoms with Gasteiger partial charge in [0.1, 0.15) is 12.4 Å². The van der Waals surface area contributed by atoms with Crippen molar-refractivity contribution in [1.29, 1.82) is 0 Å². The van der Waals surface area contributed by atoms with Crippen molar-refractivity contribution in [2.45, 2.75) is 39.3 Å². The Balaban J connectivity index is 2.28. The standard InChI is InChI=1S/C15H25NO2/c1-4-14(5-2)16-9-10-18-15-8-6-7-13(11-15)12-17-3/h6-8,11,14,16H,4-5,9-10,12H2,1-3H3. The van der Waals surface area contributed by atoms with Gasteiger partial charge in [0.05, 0.1) is 6.61 Å². The first-order valence-corrected chi connectivity index (χ1v) is 6.74. The maximum Gasteiger partial charge on any atom is 0.119 e. The summed E-state index contributed by atoms with van der Waals surface area (Å²) in [6.45, 7) is 6.63. The average Bonchev–Trinajstić information content (AvgIpc) is 2.40. The predicted molar refractivity (Wildman–Crippen MR) is 75.0 cm³/mol. The molecule has 0 bridgehead atoms. The molecule has 0 saturated carbocycles. The largest absolute Gasteiger partial charge is 0.492 e. The van der Waals surface area contributed by atoms with Crippen LogP contribution in [0.15, 0.2) is 24.3 Å². The van der Waals surface area contributed by atoms with E-state index in [-0.39, 0.29) is 0 Å². The van der Waals surface area contributed by atoms with Crippen LogP contribution in [0.3, 0.4) is 0 Å². The zero-order valence-electron chi connectivity index (χ0n) is 11.7. The van der Waals surface area contributed by atoms with E-state index < -0.39 is 0 Å². The second kappa shape index (κ2) is 8.95. The minimum Gasteiger partial charge on any atom is -0.492 e. The molecule has 0 unspecified atom stereocenters. The number of nitrogens with one attached hydrogen (secondary N) is 1. The molecule has 1 aromatic carbocycles. The van der Waals surface area contributed by atoms with Crippen molar-refractivity contribution in [2.24, 2.45) is 0 Å². The second-order valence-corrected chi connectivity index (χ2v) is 4.40. The number of rotatable bonds is 9. The second-order valence-electron chi connectivity index (χ2n) is 4.40. The SMILES string of the molecule is CCC(CC)NCCOc1cccc(COC)c1. The summed E-state index contributed by atoms with van der Waals surface area (Å²) in [5.74, 6) is 0.913. The number of ether oxygens (including phenoxy) is 2. The quantitative estimate of drug-likeness (QED) is 0.684. The smallest absolute Gasteiger partial charge is 0.119 e. The minimum absolute atomic E-state index is 0.605. The van der Waals surface area contributed by atoms with Gasteiger partial charge in [-0.3, -0.25) is 0 Å². The molecule has 0 heterocycles. The van der Waals surface area contributed by atoms with Crippen LogP contribution in [-0.4, -0.2) is 26.3 Å². The minimum atomic E-state index is 0.605. The van der Waals surface area contributed by atoms with Gasteiger partial charge >= 0.3 is 0 Å². The van der Waals surface area contributed by atoms with Crippen LogP contribution in [0.25, 0.3) is 0 Å². The van der Waals surface area contributed by atoms with Gasteiger partial charge in [-0.05, 0) is 30.5 Å². The lowest BCUT2D eigenvalue weighted by Crippen LogP contribution is -2.31. The van der Waals surface area contributed by atoms with Gasteiger partial charge in [0.15, 0.2) is 0 Å². The molecule has 1 aromatic rings. The van der Waals surface area contributed by atoms with Crippen molar-refractivity contribution in [3.05, 3.63) is 29.8 Å². The van der Waals surface area contributed by atoms with Crippen LogP contribution in [0.2, 0.25) is 0 Å². The molecule has 0 saturated heterocycles. The van der Waals surface area contributed by atoms with E-state index in [2.05, 4.69) is 19.2 Å². The zero-order valence-corrected chi connectivity index (χ0v) is 11.7. The summed E-state index contributed by atoms with van der Waals surface area (Å²) in [6, 6.07) is 8.65. The van der Waals surface area contributed by atoms with Gasteiger partial charge < -0.3 is 14.8 Å². The van der Waals surface area contributed by atoms with E-state index in [0.29, 0.717) is 19.3 Å². The number of benzene rings is 1. The Morgan fingerprint density at radius 2 is 2.00 bits per heavy atom. The first kappa shape index (κ1) is 15.0. The molecule has 0 aliphatic rings. The molecular formula is C15H25NO2. The molecule has 1 rings (SSSR count). The summed E-state index contributed by atoms with van der Waals surface area (Å²) < 4.78 is 10.8. The fourth-order valence-corrected chi connectivity index (χ4v) is 1.90. The van der Waals surface area contributed by atoms with Gasteiger partial charge in [0.2, 0.25) is 0 Å². The fraction of sp³-hybridized carbons (Fsp3) is 0.600. The van der Waals surface area contributed by atoms with E-state index in [1.54, 1.807) is 7.11 Å². The van der Waals surface area contributed by atoms with Crippen molar-refractivity contribution >= 4 is 0 Å². The molecule has 0 aliphatic heterocycles. The van der Waals surface area contributed by atoms with Crippen molar-refractivity contribution in [3.63, 3.8) is 0 Å². The van der Waals surface area contributed by atoms with E-state index in [4.69, 9.17) is 9.47 Å². The zero-order chi connectivity index (χ0) is 13.2. The van der Waals surface area contributed by atoms with Gasteiger partial charge in [-0.25, -0.2) is 0 Å². The van der Waals surface area contributed by atoms with E-state index in [9.17, 15) is 0 Å². The Morgan fingerprint density at radius 3 is 2.67 bits per heavy atom. The molecule has 0 radical (unpaired) electrons. The molecule has 18 heavy (non-hydrogen) atoms. The van der Waals surface area contributed by atoms with Gasteiger partial charge in [-0.15, -0.1) is 0 Å². The van der Waals surface area contributed by atoms with Crippen LogP contribution >= 0.6 is 0 Å². The summed E-state index contributed by atoms with van der Waals surface area (Å²) in [5, 5.41) is 3.48. The van der Waals surface area contributed by atoms with Crippen LogP contribution in [0.5, 0.6) is 5.75 Å². The highest BCUT2D eigenvalue weighted by atomic mass is 16.5. The maximum atomic E-state index is 5.71. The van der Waals surface area contributed by atoms with E-state index in [1.165, 1.54) is 12.8 Å². The summed E-state index contributed by atoms with van der Waals surface area (Å²) in [5.41, 5.74) is 1.14. The van der Waals surface area contributed by atoms with Crippen LogP contribution in [0.1, 0.15) is 32.3 Å². The molecule has 3 nitrogen and oxygen atoms in total. The van der Waals surface area contributed by atoms with Gasteiger partial charge in [0, 0.05) is 19.7 Å². The Morgan fingerprint density at radius 1 is 1.22 bits per heavy atom. The first-order chi connectivity index (χ1) is 8.80. The molecule has 1 N–H and O–H groups in total. The monoisotopic (exact) mass is 251 g/mol. The van der Waals surface area contributed by atoms with Crippen LogP contribution in [0.4, 0.5) is 0 Å². The van der Waals surface area contributed by atoms with Crippen LogP contribution < -0.4 is 10.1 Å². The molecule has 0 amide bonds. The molecule has 102 valence electrons. The molecule has 0 fully saturated rings. The average molecular weight is 251 g/mol. The third-order valence-electron chi connectivity index (χ3n) is 3.00. The van der Waals surface area contributed by atoms with Gasteiger partial charge in [-0.1, -0.05) is 26.0 Å². The van der Waals surface area contributed by atoms with Crippen LogP contribution in [0, 0.1) is 0 Å².